The molecule has 16 heteroatoms. The van der Waals surface area contributed by atoms with E-state index < -0.39 is 73.4 Å². The second-order valence-corrected chi connectivity index (χ2v) is 11.7. The predicted octanol–water partition coefficient (Wildman–Crippen LogP) is -1.30. The van der Waals surface area contributed by atoms with E-state index in [1.807, 2.05) is 13.8 Å². The maximum Gasteiger partial charge on any atom is 0.335 e. The number of aliphatic hydroxyl groups is 6. The molecule has 4 rings (SSSR count). The molecule has 1 unspecified atom stereocenters. The summed E-state index contributed by atoms with van der Waals surface area (Å²) < 4.78 is 21.8. The minimum atomic E-state index is -1.99. The first-order valence-corrected chi connectivity index (χ1v) is 14.4. The first kappa shape index (κ1) is 35.1. The third kappa shape index (κ3) is 7.62. The number of hydrogen-bond donors (Lipinski definition) is 10. The number of carbonyl (C=O) groups is 2. The molecule has 0 aromatic heterocycles. The fourth-order valence-electron chi connectivity index (χ4n) is 5.26. The zero-order chi connectivity index (χ0) is 34.0. The van der Waals surface area contributed by atoms with Crippen LogP contribution in [0.3, 0.4) is 0 Å². The number of benzene rings is 2. The van der Waals surface area contributed by atoms with Crippen LogP contribution in [0.25, 0.3) is 0 Å². The van der Waals surface area contributed by atoms with Crippen LogP contribution in [-0.4, -0.2) is 124 Å². The lowest BCUT2D eigenvalue weighted by Crippen LogP contribution is -2.61. The molecule has 0 amide bonds. The zero-order valence-corrected chi connectivity index (χ0v) is 24.7. The maximum absolute atomic E-state index is 11.6. The number of carboxylic acid groups (broad SMARTS) is 2. The molecule has 0 radical (unpaired) electrons. The molecule has 16 nitrogen and oxygen atoms in total. The van der Waals surface area contributed by atoms with E-state index in [9.17, 15) is 60.7 Å². The topological polar surface area (TPSA) is 273 Å². The van der Waals surface area contributed by atoms with E-state index in [-0.39, 0.29) is 34.8 Å². The molecule has 254 valence electrons. The third-order valence-electron chi connectivity index (χ3n) is 8.25. The molecule has 46 heavy (non-hydrogen) atoms. The van der Waals surface area contributed by atoms with Crippen molar-refractivity contribution in [3.63, 3.8) is 0 Å². The molecule has 2 aromatic rings. The van der Waals surface area contributed by atoms with Crippen molar-refractivity contribution < 1.29 is 79.6 Å². The van der Waals surface area contributed by atoms with E-state index >= 15 is 0 Å². The quantitative estimate of drug-likeness (QED) is 0.126. The van der Waals surface area contributed by atoms with Gasteiger partial charge >= 0.3 is 11.9 Å². The molecule has 12 atom stereocenters. The molecule has 2 aliphatic rings. The Morgan fingerprint density at radius 3 is 1.52 bits per heavy atom. The molecule has 2 saturated heterocycles. The number of rotatable bonds is 11. The van der Waals surface area contributed by atoms with Gasteiger partial charge in [0.25, 0.3) is 0 Å². The molecular weight excluding hydrogens is 616 g/mol. The van der Waals surface area contributed by atoms with Gasteiger partial charge in [-0.05, 0) is 60.1 Å². The summed E-state index contributed by atoms with van der Waals surface area (Å²) >= 11 is 0. The highest BCUT2D eigenvalue weighted by Gasteiger charge is 2.50. The fourth-order valence-corrected chi connectivity index (χ4v) is 5.26. The number of aliphatic carboxylic acids is 2. The standard InChI is InChI=1S/C30H38O16/c1-11(7-13-3-5-15(31)16(32)9-13)12(2)8-14-4-6-17(43-29-23(37)19(33)21(35)25(45-29)27(39)40)18(10-14)44-30-24(38)20(34)22(36)26(46-30)28(41)42/h3-6,9-12,19-26,29-38H,7-8H2,1-2H3,(H,39,40)(H,41,42)/t11-,12+,19+,20+,21+,22+,23-,24-,25+,26+,29-,30?/m1/s1. The van der Waals surface area contributed by atoms with E-state index in [0.29, 0.717) is 18.4 Å². The van der Waals surface area contributed by atoms with E-state index in [4.69, 9.17) is 18.9 Å². The third-order valence-corrected chi connectivity index (χ3v) is 8.25. The summed E-state index contributed by atoms with van der Waals surface area (Å²) in [6.07, 6.45) is -18.5. The van der Waals surface area contributed by atoms with E-state index in [2.05, 4.69) is 0 Å². The largest absolute Gasteiger partial charge is 0.504 e. The average Bonchev–Trinajstić information content (AvgIpc) is 3.00. The normalized spacial score (nSPS) is 32.7. The van der Waals surface area contributed by atoms with Crippen molar-refractivity contribution in [3.8, 4) is 23.0 Å². The van der Waals surface area contributed by atoms with Gasteiger partial charge in [0, 0.05) is 0 Å². The minimum absolute atomic E-state index is 0.00287. The highest BCUT2D eigenvalue weighted by molar-refractivity contribution is 5.74. The Bertz CT molecular complexity index is 1380. The summed E-state index contributed by atoms with van der Waals surface area (Å²) in [7, 11) is 0. The Morgan fingerprint density at radius 1 is 0.630 bits per heavy atom. The monoisotopic (exact) mass is 654 g/mol. The van der Waals surface area contributed by atoms with Gasteiger partial charge < -0.3 is 70.0 Å². The van der Waals surface area contributed by atoms with Crippen molar-refractivity contribution >= 4 is 11.9 Å². The Balaban J connectivity index is 1.61. The van der Waals surface area contributed by atoms with Crippen molar-refractivity contribution in [1.29, 1.82) is 0 Å². The second-order valence-electron chi connectivity index (χ2n) is 11.7. The van der Waals surface area contributed by atoms with Crippen LogP contribution < -0.4 is 9.47 Å². The summed E-state index contributed by atoms with van der Waals surface area (Å²) in [5, 5.41) is 99.7. The summed E-state index contributed by atoms with van der Waals surface area (Å²) in [4.78, 5) is 23.2. The minimum Gasteiger partial charge on any atom is -0.504 e. The van der Waals surface area contributed by atoms with E-state index in [1.165, 1.54) is 24.3 Å². The Morgan fingerprint density at radius 2 is 1.07 bits per heavy atom. The van der Waals surface area contributed by atoms with Crippen LogP contribution in [0.2, 0.25) is 0 Å². The molecule has 0 aliphatic carbocycles. The molecule has 0 spiro atoms. The summed E-state index contributed by atoms with van der Waals surface area (Å²) in [5.41, 5.74) is 1.41. The lowest BCUT2D eigenvalue weighted by molar-refractivity contribution is -0.276. The van der Waals surface area contributed by atoms with Crippen LogP contribution in [0.15, 0.2) is 36.4 Å². The smallest absolute Gasteiger partial charge is 0.335 e. The molecule has 10 N–H and O–H groups in total. The lowest BCUT2D eigenvalue weighted by Gasteiger charge is -2.40. The van der Waals surface area contributed by atoms with Crippen LogP contribution in [0.5, 0.6) is 23.0 Å². The van der Waals surface area contributed by atoms with Crippen LogP contribution in [0.4, 0.5) is 0 Å². The fraction of sp³-hybridized carbons (Fsp3) is 0.533. The highest BCUT2D eigenvalue weighted by atomic mass is 16.7. The Hall–Kier alpha value is -3.74. The maximum atomic E-state index is 11.6. The van der Waals surface area contributed by atoms with Crippen LogP contribution in [-0.2, 0) is 31.9 Å². The van der Waals surface area contributed by atoms with Gasteiger partial charge in [-0.2, -0.15) is 0 Å². The van der Waals surface area contributed by atoms with Crippen molar-refractivity contribution in [3.05, 3.63) is 47.5 Å². The molecule has 2 fully saturated rings. The van der Waals surface area contributed by atoms with Gasteiger partial charge in [0.15, 0.2) is 35.2 Å². The van der Waals surface area contributed by atoms with Crippen LogP contribution in [0.1, 0.15) is 25.0 Å². The Kier molecular flexibility index (Phi) is 11.0. The number of aromatic hydroxyl groups is 2. The molecular formula is C30H38O16. The number of carboxylic acids is 2. The van der Waals surface area contributed by atoms with E-state index in [1.54, 1.807) is 12.1 Å². The van der Waals surface area contributed by atoms with Crippen molar-refractivity contribution in [2.75, 3.05) is 0 Å². The van der Waals surface area contributed by atoms with Crippen molar-refractivity contribution in [1.82, 2.24) is 0 Å². The number of phenols is 2. The second kappa shape index (κ2) is 14.4. The highest BCUT2D eigenvalue weighted by Crippen LogP contribution is 2.36. The van der Waals surface area contributed by atoms with Gasteiger partial charge in [-0.1, -0.05) is 26.0 Å². The van der Waals surface area contributed by atoms with Crippen molar-refractivity contribution in [2.24, 2.45) is 11.8 Å². The van der Waals surface area contributed by atoms with E-state index in [0.717, 1.165) is 5.56 Å². The van der Waals surface area contributed by atoms with Gasteiger partial charge in [-0.3, -0.25) is 0 Å². The van der Waals surface area contributed by atoms with Gasteiger partial charge in [0.2, 0.25) is 12.6 Å². The number of hydrogen-bond acceptors (Lipinski definition) is 14. The van der Waals surface area contributed by atoms with Crippen LogP contribution in [0, 0.1) is 11.8 Å². The summed E-state index contributed by atoms with van der Waals surface area (Å²) in [6.45, 7) is 3.94. The summed E-state index contributed by atoms with van der Waals surface area (Å²) in [6, 6.07) is 8.93. The lowest BCUT2D eigenvalue weighted by atomic mass is 9.85. The van der Waals surface area contributed by atoms with Crippen molar-refractivity contribution in [2.45, 2.75) is 88.1 Å². The number of ether oxygens (including phenoxy) is 4. The molecule has 2 aliphatic heterocycles. The van der Waals surface area contributed by atoms with Gasteiger partial charge in [-0.25, -0.2) is 9.59 Å². The first-order chi connectivity index (χ1) is 21.6. The van der Waals surface area contributed by atoms with Gasteiger partial charge in [0.05, 0.1) is 0 Å². The summed E-state index contributed by atoms with van der Waals surface area (Å²) in [5.74, 6) is -4.20. The molecule has 2 heterocycles. The number of aliphatic hydroxyl groups excluding tert-OH is 6. The SMILES string of the molecule is C[C@H](Cc1ccc(O)c(O)c1)[C@@H](C)Cc1ccc(O[C@@H]2O[C@H](C(=O)O)[C@@H](O)[C@H](O)[C@H]2O)c(OC2O[C@H](C(=O)O)[C@@H](O)[C@H](O)[C@H]2O)c1. The average molecular weight is 655 g/mol. The number of phenolic OH excluding ortho intramolecular Hbond substituents is 2. The van der Waals surface area contributed by atoms with Gasteiger partial charge in [0.1, 0.15) is 36.6 Å². The van der Waals surface area contributed by atoms with Gasteiger partial charge in [-0.15, -0.1) is 0 Å². The predicted molar refractivity (Wildman–Crippen MR) is 152 cm³/mol. The van der Waals surface area contributed by atoms with Crippen LogP contribution >= 0.6 is 0 Å². The Labute approximate surface area is 262 Å². The zero-order valence-electron chi connectivity index (χ0n) is 24.7. The molecule has 2 aromatic carbocycles. The molecule has 0 bridgehead atoms. The first-order valence-electron chi connectivity index (χ1n) is 14.4. The molecule has 0 saturated carbocycles.